The number of benzene rings is 2. The number of carbonyl (C=O) groups is 2. The van der Waals surface area contributed by atoms with Crippen molar-refractivity contribution in [2.24, 2.45) is 5.92 Å². The first-order valence-corrected chi connectivity index (χ1v) is 8.72. The van der Waals surface area contributed by atoms with E-state index < -0.39 is 11.9 Å². The zero-order chi connectivity index (χ0) is 19.2. The minimum absolute atomic E-state index is 0.243. The first kappa shape index (κ1) is 18.6. The first-order valence-electron chi connectivity index (χ1n) is 8.72. The van der Waals surface area contributed by atoms with Gasteiger partial charge >= 0.3 is 12.0 Å². The summed E-state index contributed by atoms with van der Waals surface area (Å²) in [6, 6.07) is 14.5. The molecule has 1 unspecified atom stereocenters. The number of para-hydroxylation sites is 2. The lowest BCUT2D eigenvalue weighted by Crippen LogP contribution is -2.38. The van der Waals surface area contributed by atoms with Gasteiger partial charge in [0.1, 0.15) is 5.75 Å². The first-order chi connectivity index (χ1) is 13.1. The predicted molar refractivity (Wildman–Crippen MR) is 99.1 cm³/mol. The summed E-state index contributed by atoms with van der Waals surface area (Å²) in [5, 5.41) is 11.8. The van der Waals surface area contributed by atoms with Gasteiger partial charge in [-0.15, -0.1) is 0 Å². The summed E-state index contributed by atoms with van der Waals surface area (Å²) < 4.78 is 11.1. The van der Waals surface area contributed by atoms with E-state index in [2.05, 4.69) is 5.32 Å². The van der Waals surface area contributed by atoms with E-state index in [9.17, 15) is 9.59 Å². The summed E-state index contributed by atoms with van der Waals surface area (Å²) in [5.41, 5.74) is 0.921. The molecule has 142 valence electrons. The highest BCUT2D eigenvalue weighted by Gasteiger charge is 2.30. The van der Waals surface area contributed by atoms with E-state index in [-0.39, 0.29) is 12.6 Å². The number of aliphatic carboxylic acids is 1. The fraction of sp³-hybridized carbons (Fsp3) is 0.300. The van der Waals surface area contributed by atoms with Gasteiger partial charge in [0.25, 0.3) is 0 Å². The number of likely N-dealkylation sites (tertiary alicyclic amines) is 1. The van der Waals surface area contributed by atoms with Crippen molar-refractivity contribution < 1.29 is 24.2 Å². The average Bonchev–Trinajstić information content (AvgIpc) is 3.18. The molecule has 0 radical (unpaired) electrons. The smallest absolute Gasteiger partial charge is 0.317 e. The number of amides is 2. The monoisotopic (exact) mass is 370 g/mol. The molecule has 2 aromatic carbocycles. The third-order valence-corrected chi connectivity index (χ3v) is 4.49. The van der Waals surface area contributed by atoms with Crippen LogP contribution in [0.4, 0.5) is 4.79 Å². The Labute approximate surface area is 157 Å². The Morgan fingerprint density at radius 2 is 1.85 bits per heavy atom. The highest BCUT2D eigenvalue weighted by molar-refractivity contribution is 5.77. The number of hydrogen-bond acceptors (Lipinski definition) is 4. The number of rotatable bonds is 6. The molecule has 1 heterocycles. The van der Waals surface area contributed by atoms with Crippen LogP contribution in [-0.2, 0) is 11.3 Å². The summed E-state index contributed by atoms with van der Waals surface area (Å²) in [6.07, 6.45) is 0.498. The lowest BCUT2D eigenvalue weighted by atomic mass is 10.1. The van der Waals surface area contributed by atoms with Gasteiger partial charge < -0.3 is 24.8 Å². The van der Waals surface area contributed by atoms with E-state index >= 15 is 0 Å². The van der Waals surface area contributed by atoms with E-state index in [1.165, 1.54) is 4.90 Å². The quantitative estimate of drug-likeness (QED) is 0.816. The Bertz CT molecular complexity index is 806. The summed E-state index contributed by atoms with van der Waals surface area (Å²) in [7, 11) is 1.59. The number of hydrogen-bond donors (Lipinski definition) is 2. The van der Waals surface area contributed by atoms with Gasteiger partial charge in [0.05, 0.1) is 13.0 Å². The maximum absolute atomic E-state index is 12.1. The lowest BCUT2D eigenvalue weighted by molar-refractivity contribution is -0.141. The fourth-order valence-corrected chi connectivity index (χ4v) is 2.94. The molecule has 7 nitrogen and oxygen atoms in total. The summed E-state index contributed by atoms with van der Waals surface area (Å²) >= 11 is 0. The van der Waals surface area contributed by atoms with Crippen LogP contribution in [-0.4, -0.2) is 42.2 Å². The molecular formula is C20H22N2O5. The number of carbonyl (C=O) groups excluding carboxylic acids is 1. The van der Waals surface area contributed by atoms with E-state index in [1.807, 2.05) is 48.5 Å². The van der Waals surface area contributed by atoms with Gasteiger partial charge in [0.15, 0.2) is 11.5 Å². The second kappa shape index (κ2) is 8.44. The van der Waals surface area contributed by atoms with Crippen LogP contribution in [0.2, 0.25) is 0 Å². The number of carboxylic acid groups (broad SMARTS) is 1. The van der Waals surface area contributed by atoms with Crippen molar-refractivity contribution in [1.29, 1.82) is 0 Å². The Kier molecular flexibility index (Phi) is 5.80. The largest absolute Gasteiger partial charge is 0.493 e. The molecule has 2 aromatic rings. The van der Waals surface area contributed by atoms with Gasteiger partial charge in [-0.1, -0.05) is 24.3 Å². The number of carboxylic acids is 1. The van der Waals surface area contributed by atoms with Gasteiger partial charge in [-0.05, 0) is 36.2 Å². The van der Waals surface area contributed by atoms with Crippen LogP contribution in [0.3, 0.4) is 0 Å². The summed E-state index contributed by atoms with van der Waals surface area (Å²) in [5.74, 6) is 0.624. The minimum atomic E-state index is -0.851. The molecule has 2 N–H and O–H groups in total. The van der Waals surface area contributed by atoms with Crippen LogP contribution in [0.5, 0.6) is 17.2 Å². The molecule has 0 aliphatic carbocycles. The minimum Gasteiger partial charge on any atom is -0.493 e. The second-order valence-corrected chi connectivity index (χ2v) is 6.33. The van der Waals surface area contributed by atoms with E-state index in [4.69, 9.17) is 14.6 Å². The van der Waals surface area contributed by atoms with E-state index in [0.29, 0.717) is 36.8 Å². The molecule has 0 saturated carbocycles. The van der Waals surface area contributed by atoms with Crippen LogP contribution in [0, 0.1) is 5.92 Å². The van der Waals surface area contributed by atoms with Crippen LogP contribution in [0.25, 0.3) is 0 Å². The highest BCUT2D eigenvalue weighted by Crippen LogP contribution is 2.30. The van der Waals surface area contributed by atoms with Crippen LogP contribution in [0.15, 0.2) is 48.5 Å². The number of ether oxygens (including phenoxy) is 2. The molecule has 0 bridgehead atoms. The third-order valence-electron chi connectivity index (χ3n) is 4.49. The third kappa shape index (κ3) is 4.69. The van der Waals surface area contributed by atoms with Crippen molar-refractivity contribution in [3.8, 4) is 17.2 Å². The Hall–Kier alpha value is -3.22. The normalized spacial score (nSPS) is 16.0. The highest BCUT2D eigenvalue weighted by atomic mass is 16.5. The van der Waals surface area contributed by atoms with Gasteiger partial charge in [-0.3, -0.25) is 4.79 Å². The van der Waals surface area contributed by atoms with Crippen LogP contribution >= 0.6 is 0 Å². The zero-order valence-corrected chi connectivity index (χ0v) is 15.1. The Morgan fingerprint density at radius 3 is 2.48 bits per heavy atom. The van der Waals surface area contributed by atoms with Crippen molar-refractivity contribution in [3.63, 3.8) is 0 Å². The van der Waals surface area contributed by atoms with Gasteiger partial charge in [0.2, 0.25) is 0 Å². The summed E-state index contributed by atoms with van der Waals surface area (Å²) in [4.78, 5) is 24.7. The molecule has 27 heavy (non-hydrogen) atoms. The standard InChI is InChI=1S/C20H22N2O5/c1-26-17-4-2-3-5-18(17)27-16-8-6-14(7-9-16)12-21-20(25)22-11-10-15(13-22)19(23)24/h2-9,15H,10-13H2,1H3,(H,21,25)(H,23,24). The number of urea groups is 1. The summed E-state index contributed by atoms with van der Waals surface area (Å²) in [6.45, 7) is 1.09. The molecule has 2 amide bonds. The average molecular weight is 370 g/mol. The van der Waals surface area contributed by atoms with Crippen molar-refractivity contribution in [2.75, 3.05) is 20.2 Å². The molecule has 1 fully saturated rings. The van der Waals surface area contributed by atoms with Gasteiger partial charge in [0, 0.05) is 19.6 Å². The molecule has 1 atom stereocenters. The number of nitrogens with zero attached hydrogens (tertiary/aromatic N) is 1. The molecule has 1 aliphatic rings. The molecule has 0 spiro atoms. The number of methoxy groups -OCH3 is 1. The van der Waals surface area contributed by atoms with Crippen molar-refractivity contribution in [1.82, 2.24) is 10.2 Å². The maximum Gasteiger partial charge on any atom is 0.317 e. The van der Waals surface area contributed by atoms with Gasteiger partial charge in [-0.25, -0.2) is 4.79 Å². The molecule has 1 saturated heterocycles. The second-order valence-electron chi connectivity index (χ2n) is 6.33. The molecule has 3 rings (SSSR count). The van der Waals surface area contributed by atoms with E-state index in [0.717, 1.165) is 5.56 Å². The van der Waals surface area contributed by atoms with Crippen molar-refractivity contribution in [3.05, 3.63) is 54.1 Å². The topological polar surface area (TPSA) is 88.1 Å². The van der Waals surface area contributed by atoms with Crippen LogP contribution in [0.1, 0.15) is 12.0 Å². The molecule has 7 heteroatoms. The van der Waals surface area contributed by atoms with Gasteiger partial charge in [-0.2, -0.15) is 0 Å². The van der Waals surface area contributed by atoms with Crippen molar-refractivity contribution >= 4 is 12.0 Å². The molecule has 1 aliphatic heterocycles. The van der Waals surface area contributed by atoms with Crippen LogP contribution < -0.4 is 14.8 Å². The molecular weight excluding hydrogens is 348 g/mol. The van der Waals surface area contributed by atoms with Crippen molar-refractivity contribution in [2.45, 2.75) is 13.0 Å². The number of nitrogens with one attached hydrogen (secondary N) is 1. The maximum atomic E-state index is 12.1. The lowest BCUT2D eigenvalue weighted by Gasteiger charge is -2.17. The zero-order valence-electron chi connectivity index (χ0n) is 15.1. The predicted octanol–water partition coefficient (Wildman–Crippen LogP) is 3.10. The Morgan fingerprint density at radius 1 is 1.15 bits per heavy atom. The SMILES string of the molecule is COc1ccccc1Oc1ccc(CNC(=O)N2CCC(C(=O)O)C2)cc1. The Balaban J connectivity index is 1.52. The fourth-order valence-electron chi connectivity index (χ4n) is 2.94. The molecule has 0 aromatic heterocycles. The van der Waals surface area contributed by atoms with E-state index in [1.54, 1.807) is 7.11 Å².